The second-order valence-electron chi connectivity index (χ2n) is 2.25. The molecule has 0 aliphatic rings. The third-order valence-electron chi connectivity index (χ3n) is 1.30. The molecule has 0 unspecified atom stereocenters. The zero-order chi connectivity index (χ0) is 9.84. The third kappa shape index (κ3) is 3.27. The molecule has 72 valence electrons. The minimum absolute atomic E-state index is 0.226. The molecule has 0 amide bonds. The van der Waals surface area contributed by atoms with E-state index in [1.807, 2.05) is 6.07 Å². The molecular weight excluding hydrogens is 370 g/mol. The topological polar surface area (TPSA) is 18.5 Å². The van der Waals surface area contributed by atoms with Crippen molar-refractivity contribution in [2.45, 2.75) is 0 Å². The van der Waals surface area contributed by atoms with Crippen molar-refractivity contribution in [2.24, 2.45) is 0 Å². The fourth-order valence-corrected chi connectivity index (χ4v) is 1.82. The van der Waals surface area contributed by atoms with Gasteiger partial charge in [0.05, 0.1) is 5.02 Å². The highest BCUT2D eigenvalue weighted by Gasteiger charge is 2.05. The standard InChI is InChI=1S/C8H7BrClIO2/c1-12-4-13-5-2-6(9)8(11)7(10)3-5/h2-3H,4H2,1H3. The molecule has 0 aromatic heterocycles. The van der Waals surface area contributed by atoms with Gasteiger partial charge in [-0.3, -0.25) is 0 Å². The summed E-state index contributed by atoms with van der Waals surface area (Å²) >= 11 is 11.5. The molecule has 0 radical (unpaired) electrons. The van der Waals surface area contributed by atoms with E-state index in [-0.39, 0.29) is 6.79 Å². The van der Waals surface area contributed by atoms with Crippen LogP contribution in [0.3, 0.4) is 0 Å². The summed E-state index contributed by atoms with van der Waals surface area (Å²) in [4.78, 5) is 0. The molecule has 5 heteroatoms. The molecule has 0 aliphatic carbocycles. The average Bonchev–Trinajstić information content (AvgIpc) is 2.10. The predicted molar refractivity (Wildman–Crippen MR) is 64.4 cm³/mol. The van der Waals surface area contributed by atoms with E-state index in [4.69, 9.17) is 21.1 Å². The van der Waals surface area contributed by atoms with Crippen molar-refractivity contribution in [3.8, 4) is 5.75 Å². The van der Waals surface area contributed by atoms with Gasteiger partial charge in [-0.25, -0.2) is 0 Å². The van der Waals surface area contributed by atoms with Crippen molar-refractivity contribution in [3.05, 3.63) is 25.2 Å². The molecule has 0 saturated heterocycles. The van der Waals surface area contributed by atoms with Gasteiger partial charge in [0.2, 0.25) is 0 Å². The Balaban J connectivity index is 2.86. The quantitative estimate of drug-likeness (QED) is 0.454. The van der Waals surface area contributed by atoms with Crippen molar-refractivity contribution in [3.63, 3.8) is 0 Å². The van der Waals surface area contributed by atoms with E-state index in [2.05, 4.69) is 38.5 Å². The van der Waals surface area contributed by atoms with Crippen LogP contribution in [0.2, 0.25) is 5.02 Å². The molecule has 0 saturated carbocycles. The van der Waals surface area contributed by atoms with Crippen LogP contribution in [0.5, 0.6) is 5.75 Å². The van der Waals surface area contributed by atoms with Crippen LogP contribution in [-0.4, -0.2) is 13.9 Å². The maximum atomic E-state index is 5.94. The summed E-state index contributed by atoms with van der Waals surface area (Å²) in [6.07, 6.45) is 0. The summed E-state index contributed by atoms with van der Waals surface area (Å²) in [5.74, 6) is 0.694. The molecule has 0 bridgehead atoms. The van der Waals surface area contributed by atoms with Gasteiger partial charge in [-0.05, 0) is 44.6 Å². The lowest BCUT2D eigenvalue weighted by Crippen LogP contribution is -1.99. The highest BCUT2D eigenvalue weighted by Crippen LogP contribution is 2.31. The monoisotopic (exact) mass is 376 g/mol. The van der Waals surface area contributed by atoms with Crippen LogP contribution in [0.1, 0.15) is 0 Å². The van der Waals surface area contributed by atoms with Crippen LogP contribution in [0.25, 0.3) is 0 Å². The zero-order valence-electron chi connectivity index (χ0n) is 6.81. The Hall–Kier alpha value is 0.480. The van der Waals surface area contributed by atoms with Gasteiger partial charge in [-0.15, -0.1) is 0 Å². The number of halogens is 3. The van der Waals surface area contributed by atoms with Gasteiger partial charge >= 0.3 is 0 Å². The third-order valence-corrected chi connectivity index (χ3v) is 4.45. The molecule has 2 nitrogen and oxygen atoms in total. The van der Waals surface area contributed by atoms with E-state index in [0.717, 1.165) is 8.04 Å². The molecular formula is C8H7BrClIO2. The number of methoxy groups -OCH3 is 1. The fourth-order valence-electron chi connectivity index (χ4n) is 0.743. The number of hydrogen-bond acceptors (Lipinski definition) is 2. The highest BCUT2D eigenvalue weighted by molar-refractivity contribution is 14.1. The Morgan fingerprint density at radius 3 is 2.77 bits per heavy atom. The molecule has 0 aliphatic heterocycles. The lowest BCUT2D eigenvalue weighted by Gasteiger charge is -2.07. The van der Waals surface area contributed by atoms with Gasteiger partial charge in [0.1, 0.15) is 5.75 Å². The first-order valence-corrected chi connectivity index (χ1v) is 5.66. The lowest BCUT2D eigenvalue weighted by molar-refractivity contribution is 0.0511. The summed E-state index contributed by atoms with van der Waals surface area (Å²) in [5, 5.41) is 0.668. The maximum Gasteiger partial charge on any atom is 0.188 e. The summed E-state index contributed by atoms with van der Waals surface area (Å²) in [6, 6.07) is 3.61. The van der Waals surface area contributed by atoms with Crippen LogP contribution < -0.4 is 4.74 Å². The molecule has 0 heterocycles. The fraction of sp³-hybridized carbons (Fsp3) is 0.250. The Morgan fingerprint density at radius 1 is 1.54 bits per heavy atom. The van der Waals surface area contributed by atoms with Crippen molar-refractivity contribution >= 4 is 50.1 Å². The number of ether oxygens (including phenoxy) is 2. The molecule has 0 atom stereocenters. The van der Waals surface area contributed by atoms with Crippen LogP contribution in [0.15, 0.2) is 16.6 Å². The van der Waals surface area contributed by atoms with Gasteiger partial charge in [-0.1, -0.05) is 11.6 Å². The number of hydrogen-bond donors (Lipinski definition) is 0. The van der Waals surface area contributed by atoms with Gasteiger partial charge in [0.25, 0.3) is 0 Å². The maximum absolute atomic E-state index is 5.94. The minimum atomic E-state index is 0.226. The van der Waals surface area contributed by atoms with E-state index in [9.17, 15) is 0 Å². The van der Waals surface area contributed by atoms with Gasteiger partial charge < -0.3 is 9.47 Å². The Morgan fingerprint density at radius 2 is 2.23 bits per heavy atom. The van der Waals surface area contributed by atoms with Crippen molar-refractivity contribution < 1.29 is 9.47 Å². The van der Waals surface area contributed by atoms with Crippen molar-refractivity contribution in [2.75, 3.05) is 13.9 Å². The molecule has 0 spiro atoms. The number of benzene rings is 1. The first kappa shape index (κ1) is 11.6. The van der Waals surface area contributed by atoms with Crippen molar-refractivity contribution in [1.29, 1.82) is 0 Å². The second kappa shape index (κ2) is 5.38. The summed E-state index contributed by atoms with van der Waals surface area (Å²) in [7, 11) is 1.57. The summed E-state index contributed by atoms with van der Waals surface area (Å²) in [6.45, 7) is 0.226. The highest BCUT2D eigenvalue weighted by atomic mass is 127. The number of rotatable bonds is 3. The molecule has 1 aromatic rings. The largest absolute Gasteiger partial charge is 0.467 e. The van der Waals surface area contributed by atoms with Crippen LogP contribution >= 0.6 is 50.1 Å². The normalized spacial score (nSPS) is 10.2. The van der Waals surface area contributed by atoms with Crippen molar-refractivity contribution in [1.82, 2.24) is 0 Å². The lowest BCUT2D eigenvalue weighted by atomic mass is 10.3. The minimum Gasteiger partial charge on any atom is -0.467 e. The predicted octanol–water partition coefficient (Wildman–Crippen LogP) is 3.69. The summed E-state index contributed by atoms with van der Waals surface area (Å²) in [5.41, 5.74) is 0. The van der Waals surface area contributed by atoms with Crippen LogP contribution in [0, 0.1) is 3.57 Å². The van der Waals surface area contributed by atoms with Gasteiger partial charge in [-0.2, -0.15) is 0 Å². The van der Waals surface area contributed by atoms with Crippen LogP contribution in [-0.2, 0) is 4.74 Å². The average molecular weight is 377 g/mol. The smallest absolute Gasteiger partial charge is 0.188 e. The SMILES string of the molecule is COCOc1cc(Cl)c(I)c(Br)c1. The second-order valence-corrected chi connectivity index (χ2v) is 4.59. The summed E-state index contributed by atoms with van der Waals surface area (Å²) < 4.78 is 11.9. The Bertz CT molecular complexity index is 283. The zero-order valence-corrected chi connectivity index (χ0v) is 11.3. The first-order valence-electron chi connectivity index (χ1n) is 3.41. The van der Waals surface area contributed by atoms with E-state index in [0.29, 0.717) is 10.8 Å². The van der Waals surface area contributed by atoms with E-state index >= 15 is 0 Å². The van der Waals surface area contributed by atoms with E-state index in [1.54, 1.807) is 13.2 Å². The first-order chi connectivity index (χ1) is 6.15. The Labute approximate surface area is 104 Å². The molecule has 0 N–H and O–H groups in total. The van der Waals surface area contributed by atoms with Gasteiger partial charge in [0.15, 0.2) is 6.79 Å². The molecule has 1 rings (SSSR count). The molecule has 13 heavy (non-hydrogen) atoms. The molecule has 0 fully saturated rings. The van der Waals surface area contributed by atoms with E-state index < -0.39 is 0 Å². The van der Waals surface area contributed by atoms with E-state index in [1.165, 1.54) is 0 Å². The molecule has 1 aromatic carbocycles. The Kier molecular flexibility index (Phi) is 4.78. The van der Waals surface area contributed by atoms with Gasteiger partial charge in [0, 0.05) is 21.2 Å². The van der Waals surface area contributed by atoms with Crippen LogP contribution in [0.4, 0.5) is 0 Å².